The fourth-order valence-corrected chi connectivity index (χ4v) is 3.70. The van der Waals surface area contributed by atoms with Gasteiger partial charge in [-0.1, -0.05) is 42.5 Å². The number of nitrogens with two attached hydrogens (primary N) is 1. The second-order valence-corrected chi connectivity index (χ2v) is 7.76. The van der Waals surface area contributed by atoms with Crippen molar-refractivity contribution in [2.45, 2.75) is 44.6 Å². The zero-order valence-electron chi connectivity index (χ0n) is 18.3. The molecule has 0 bridgehead atoms. The molecule has 6 nitrogen and oxygen atoms in total. The van der Waals surface area contributed by atoms with Crippen molar-refractivity contribution in [2.75, 3.05) is 26.3 Å². The number of ether oxygens (including phenoxy) is 2. The summed E-state index contributed by atoms with van der Waals surface area (Å²) in [7, 11) is 0. The van der Waals surface area contributed by atoms with Crippen LogP contribution < -0.4 is 15.8 Å². The molecule has 1 aliphatic heterocycles. The van der Waals surface area contributed by atoms with Gasteiger partial charge in [-0.25, -0.2) is 0 Å². The Kier molecular flexibility index (Phi) is 8.91. The van der Waals surface area contributed by atoms with Gasteiger partial charge in [0.2, 0.25) is 0 Å². The lowest BCUT2D eigenvalue weighted by molar-refractivity contribution is -0.143. The number of amidine groups is 1. The van der Waals surface area contributed by atoms with Crippen molar-refractivity contribution in [2.24, 2.45) is 10.7 Å². The van der Waals surface area contributed by atoms with Crippen molar-refractivity contribution in [3.63, 3.8) is 0 Å². The summed E-state index contributed by atoms with van der Waals surface area (Å²) in [6.45, 7) is 4.56. The van der Waals surface area contributed by atoms with Crippen LogP contribution in [0.15, 0.2) is 59.6 Å². The zero-order chi connectivity index (χ0) is 21.9. The highest BCUT2D eigenvalue weighted by Crippen LogP contribution is 2.26. The van der Waals surface area contributed by atoms with E-state index in [1.165, 1.54) is 0 Å². The third-order valence-electron chi connectivity index (χ3n) is 5.37. The van der Waals surface area contributed by atoms with E-state index in [1.807, 2.05) is 37.3 Å². The summed E-state index contributed by atoms with van der Waals surface area (Å²) in [6, 6.07) is 18.1. The van der Waals surface area contributed by atoms with Gasteiger partial charge in [-0.2, -0.15) is 0 Å². The number of hydrogen-bond acceptors (Lipinski definition) is 6. The van der Waals surface area contributed by atoms with E-state index < -0.39 is 0 Å². The van der Waals surface area contributed by atoms with Crippen molar-refractivity contribution in [3.05, 3.63) is 65.7 Å². The lowest BCUT2D eigenvalue weighted by Gasteiger charge is -2.20. The van der Waals surface area contributed by atoms with Crippen LogP contribution in [0.3, 0.4) is 0 Å². The van der Waals surface area contributed by atoms with Crippen molar-refractivity contribution >= 4 is 11.8 Å². The van der Waals surface area contributed by atoms with Gasteiger partial charge in [0, 0.05) is 19.5 Å². The molecule has 0 amide bonds. The van der Waals surface area contributed by atoms with E-state index in [0.29, 0.717) is 26.1 Å². The van der Waals surface area contributed by atoms with Crippen LogP contribution in [0.2, 0.25) is 0 Å². The Labute approximate surface area is 184 Å². The maximum atomic E-state index is 12.1. The van der Waals surface area contributed by atoms with E-state index in [1.54, 1.807) is 0 Å². The van der Waals surface area contributed by atoms with Crippen LogP contribution in [-0.2, 0) is 16.0 Å². The minimum absolute atomic E-state index is 0.0776. The monoisotopic (exact) mass is 423 g/mol. The Balaban J connectivity index is 1.53. The highest BCUT2D eigenvalue weighted by atomic mass is 16.5. The Morgan fingerprint density at radius 3 is 2.61 bits per heavy atom. The first-order chi connectivity index (χ1) is 15.2. The SMILES string of the molecule is CCOC(=O)CC(Cc1ccc(OCC[C@H](N)C2=NCCCN2)cc1)c1ccccc1. The maximum Gasteiger partial charge on any atom is 0.306 e. The number of aliphatic imine (C=N–C) groups is 1. The molecule has 0 saturated heterocycles. The summed E-state index contributed by atoms with van der Waals surface area (Å²) in [5.41, 5.74) is 8.50. The zero-order valence-corrected chi connectivity index (χ0v) is 18.3. The quantitative estimate of drug-likeness (QED) is 0.541. The number of rotatable bonds is 11. The van der Waals surface area contributed by atoms with Crippen LogP contribution in [0.1, 0.15) is 43.2 Å². The molecule has 2 aromatic carbocycles. The number of esters is 1. The average Bonchev–Trinajstić information content (AvgIpc) is 2.81. The van der Waals surface area contributed by atoms with Gasteiger partial charge < -0.3 is 20.5 Å². The molecule has 2 aromatic rings. The molecule has 166 valence electrons. The average molecular weight is 424 g/mol. The van der Waals surface area contributed by atoms with Crippen LogP contribution in [0.25, 0.3) is 0 Å². The van der Waals surface area contributed by atoms with Crippen molar-refractivity contribution in [1.29, 1.82) is 0 Å². The fourth-order valence-electron chi connectivity index (χ4n) is 3.70. The largest absolute Gasteiger partial charge is 0.494 e. The topological polar surface area (TPSA) is 85.9 Å². The number of carbonyl (C=O) groups excluding carboxylic acids is 1. The highest BCUT2D eigenvalue weighted by molar-refractivity contribution is 5.87. The Morgan fingerprint density at radius 1 is 1.16 bits per heavy atom. The molecular weight excluding hydrogens is 390 g/mol. The molecule has 1 aliphatic rings. The van der Waals surface area contributed by atoms with Gasteiger partial charge in [0.1, 0.15) is 11.6 Å². The van der Waals surface area contributed by atoms with Gasteiger partial charge in [-0.3, -0.25) is 9.79 Å². The van der Waals surface area contributed by atoms with Crippen LogP contribution >= 0.6 is 0 Å². The molecule has 0 aromatic heterocycles. The molecule has 6 heteroatoms. The van der Waals surface area contributed by atoms with E-state index in [9.17, 15) is 4.79 Å². The molecule has 3 rings (SSSR count). The number of benzene rings is 2. The van der Waals surface area contributed by atoms with Crippen LogP contribution in [0.4, 0.5) is 0 Å². The summed E-state index contributed by atoms with van der Waals surface area (Å²) in [4.78, 5) is 16.5. The summed E-state index contributed by atoms with van der Waals surface area (Å²) in [5.74, 6) is 1.62. The third-order valence-corrected chi connectivity index (χ3v) is 5.37. The van der Waals surface area contributed by atoms with Gasteiger partial charge >= 0.3 is 5.97 Å². The standard InChI is InChI=1S/C25H33N3O3/c1-2-30-24(29)18-21(20-7-4-3-5-8-20)17-19-9-11-22(12-10-19)31-16-13-23(26)25-27-14-6-15-28-25/h3-5,7-12,21,23H,2,6,13-18,26H2,1H3,(H,27,28)/t21?,23-/m0/s1. The first-order valence-corrected chi connectivity index (χ1v) is 11.1. The van der Waals surface area contributed by atoms with Crippen molar-refractivity contribution < 1.29 is 14.3 Å². The number of nitrogens with zero attached hydrogens (tertiary/aromatic N) is 1. The molecule has 0 radical (unpaired) electrons. The van der Waals surface area contributed by atoms with E-state index in [0.717, 1.165) is 48.6 Å². The minimum atomic E-state index is -0.162. The maximum absolute atomic E-state index is 12.1. The molecule has 0 fully saturated rings. The van der Waals surface area contributed by atoms with Gasteiger partial charge in [0.15, 0.2) is 0 Å². The summed E-state index contributed by atoms with van der Waals surface area (Å²) < 4.78 is 11.0. The number of nitrogens with one attached hydrogen (secondary N) is 1. The second-order valence-electron chi connectivity index (χ2n) is 7.76. The molecule has 1 heterocycles. The van der Waals surface area contributed by atoms with Gasteiger partial charge in [0.05, 0.1) is 25.7 Å². The summed E-state index contributed by atoms with van der Waals surface area (Å²) >= 11 is 0. The molecule has 2 atom stereocenters. The lowest BCUT2D eigenvalue weighted by atomic mass is 9.89. The van der Waals surface area contributed by atoms with Gasteiger partial charge in [0.25, 0.3) is 0 Å². The Morgan fingerprint density at radius 2 is 1.94 bits per heavy atom. The van der Waals surface area contributed by atoms with Crippen molar-refractivity contribution in [1.82, 2.24) is 5.32 Å². The van der Waals surface area contributed by atoms with Crippen LogP contribution in [-0.4, -0.2) is 44.2 Å². The smallest absolute Gasteiger partial charge is 0.306 e. The Bertz CT molecular complexity index is 837. The van der Waals surface area contributed by atoms with E-state index >= 15 is 0 Å². The number of hydrogen-bond donors (Lipinski definition) is 2. The van der Waals surface area contributed by atoms with E-state index in [4.69, 9.17) is 15.2 Å². The normalized spacial score (nSPS) is 15.4. The van der Waals surface area contributed by atoms with E-state index in [2.05, 4.69) is 34.6 Å². The molecule has 31 heavy (non-hydrogen) atoms. The number of carbonyl (C=O) groups is 1. The second kappa shape index (κ2) is 12.1. The molecule has 3 N–H and O–H groups in total. The van der Waals surface area contributed by atoms with Crippen molar-refractivity contribution in [3.8, 4) is 5.75 Å². The van der Waals surface area contributed by atoms with Crippen LogP contribution in [0, 0.1) is 0 Å². The predicted molar refractivity (Wildman–Crippen MR) is 124 cm³/mol. The first-order valence-electron chi connectivity index (χ1n) is 11.1. The fraction of sp³-hybridized carbons (Fsp3) is 0.440. The molecule has 0 saturated carbocycles. The summed E-state index contributed by atoms with van der Waals surface area (Å²) in [6.07, 6.45) is 2.90. The lowest BCUT2D eigenvalue weighted by Crippen LogP contribution is -2.44. The first kappa shape index (κ1) is 22.8. The van der Waals surface area contributed by atoms with E-state index in [-0.39, 0.29) is 17.9 Å². The van der Waals surface area contributed by atoms with Crippen LogP contribution in [0.5, 0.6) is 5.75 Å². The molecule has 1 unspecified atom stereocenters. The summed E-state index contributed by atoms with van der Waals surface area (Å²) in [5, 5.41) is 3.26. The Hall–Kier alpha value is -2.86. The third kappa shape index (κ3) is 7.40. The molecular formula is C25H33N3O3. The molecule has 0 aliphatic carbocycles. The highest BCUT2D eigenvalue weighted by Gasteiger charge is 2.18. The minimum Gasteiger partial charge on any atom is -0.494 e. The van der Waals surface area contributed by atoms with Gasteiger partial charge in [-0.05, 0) is 48.9 Å². The van der Waals surface area contributed by atoms with Gasteiger partial charge in [-0.15, -0.1) is 0 Å². The predicted octanol–water partition coefficient (Wildman–Crippen LogP) is 3.45. The molecule has 0 spiro atoms.